The number of ether oxygens (including phenoxy) is 1. The quantitative estimate of drug-likeness (QED) is 0.757. The van der Waals surface area contributed by atoms with Crippen molar-refractivity contribution in [3.05, 3.63) is 59.7 Å². The summed E-state index contributed by atoms with van der Waals surface area (Å²) >= 11 is 0. The smallest absolute Gasteiger partial charge is 0.315 e. The summed E-state index contributed by atoms with van der Waals surface area (Å²) in [7, 11) is 1.61. The van der Waals surface area contributed by atoms with E-state index in [1.807, 2.05) is 48.5 Å². The molecule has 0 radical (unpaired) electrons. The van der Waals surface area contributed by atoms with Crippen LogP contribution < -0.4 is 20.7 Å². The van der Waals surface area contributed by atoms with E-state index in [0.29, 0.717) is 19.5 Å². The minimum Gasteiger partial charge on any atom is -0.497 e. The first kappa shape index (κ1) is 16.8. The zero-order valence-electron chi connectivity index (χ0n) is 14.0. The molecule has 0 saturated heterocycles. The summed E-state index contributed by atoms with van der Waals surface area (Å²) in [6.07, 6.45) is 0.568. The van der Waals surface area contributed by atoms with Gasteiger partial charge < -0.3 is 20.7 Å². The van der Waals surface area contributed by atoms with E-state index in [-0.39, 0.29) is 17.9 Å². The summed E-state index contributed by atoms with van der Waals surface area (Å²) < 4.78 is 5.10. The van der Waals surface area contributed by atoms with Crippen LogP contribution in [0.5, 0.6) is 5.75 Å². The Morgan fingerprint density at radius 2 is 1.88 bits per heavy atom. The molecule has 0 bridgehead atoms. The monoisotopic (exact) mass is 339 g/mol. The minimum absolute atomic E-state index is 0.0124. The van der Waals surface area contributed by atoms with Gasteiger partial charge in [-0.1, -0.05) is 30.3 Å². The van der Waals surface area contributed by atoms with Gasteiger partial charge in [0.1, 0.15) is 5.75 Å². The molecule has 3 rings (SSSR count). The number of fused-ring (bicyclic) bond motifs is 1. The van der Waals surface area contributed by atoms with Crippen LogP contribution in [0, 0.1) is 0 Å². The van der Waals surface area contributed by atoms with E-state index in [4.69, 9.17) is 4.74 Å². The number of amides is 3. The third-order valence-electron chi connectivity index (χ3n) is 4.24. The molecule has 0 spiro atoms. The van der Waals surface area contributed by atoms with Crippen molar-refractivity contribution in [1.29, 1.82) is 0 Å². The normalized spacial score (nSPS) is 15.2. The molecule has 6 nitrogen and oxygen atoms in total. The summed E-state index contributed by atoms with van der Waals surface area (Å²) in [6, 6.07) is 14.9. The highest BCUT2D eigenvalue weighted by molar-refractivity contribution is 6.02. The lowest BCUT2D eigenvalue weighted by atomic mass is 9.97. The molecule has 1 aliphatic heterocycles. The largest absolute Gasteiger partial charge is 0.497 e. The molecule has 1 heterocycles. The molecular weight excluding hydrogens is 318 g/mol. The maximum absolute atomic E-state index is 12.0. The number of hydrogen-bond acceptors (Lipinski definition) is 3. The van der Waals surface area contributed by atoms with Gasteiger partial charge in [0.2, 0.25) is 5.91 Å². The van der Waals surface area contributed by atoms with E-state index in [0.717, 1.165) is 22.6 Å². The Kier molecular flexibility index (Phi) is 5.18. The van der Waals surface area contributed by atoms with Gasteiger partial charge in [-0.05, 0) is 35.7 Å². The molecule has 25 heavy (non-hydrogen) atoms. The van der Waals surface area contributed by atoms with E-state index >= 15 is 0 Å². The van der Waals surface area contributed by atoms with E-state index < -0.39 is 0 Å². The predicted molar refractivity (Wildman–Crippen MR) is 95.7 cm³/mol. The van der Waals surface area contributed by atoms with Gasteiger partial charge in [-0.15, -0.1) is 0 Å². The van der Waals surface area contributed by atoms with E-state index in [1.165, 1.54) is 0 Å². The van der Waals surface area contributed by atoms with Crippen LogP contribution in [-0.4, -0.2) is 25.6 Å². The van der Waals surface area contributed by atoms with Crippen LogP contribution in [0.2, 0.25) is 0 Å². The van der Waals surface area contributed by atoms with Gasteiger partial charge in [-0.3, -0.25) is 4.79 Å². The predicted octanol–water partition coefficient (Wildman–Crippen LogP) is 2.62. The Hall–Kier alpha value is -3.02. The first-order valence-electron chi connectivity index (χ1n) is 8.22. The highest BCUT2D eigenvalue weighted by Crippen LogP contribution is 2.33. The first-order valence-corrected chi connectivity index (χ1v) is 8.22. The number of benzene rings is 2. The molecule has 6 heteroatoms. The Morgan fingerprint density at radius 1 is 1.12 bits per heavy atom. The van der Waals surface area contributed by atoms with Crippen LogP contribution in [0.25, 0.3) is 0 Å². The summed E-state index contributed by atoms with van der Waals surface area (Å²) in [5.74, 6) is 0.558. The second-order valence-electron chi connectivity index (χ2n) is 5.88. The standard InChI is InChI=1S/C19H21N3O3/c1-25-14-8-6-13(7-9-14)12-21-19(24)20-11-10-16-15-4-2-3-5-17(15)22-18(16)23/h2-9,16H,10-12H2,1H3,(H,22,23)(H2,20,21,24)/t16-/m1/s1. The summed E-state index contributed by atoms with van der Waals surface area (Å²) in [5, 5.41) is 8.46. The van der Waals surface area contributed by atoms with E-state index in [9.17, 15) is 9.59 Å². The van der Waals surface area contributed by atoms with Crippen molar-refractivity contribution in [3.8, 4) is 5.75 Å². The third-order valence-corrected chi connectivity index (χ3v) is 4.24. The molecule has 0 fully saturated rings. The fraction of sp³-hybridized carbons (Fsp3) is 0.263. The van der Waals surface area contributed by atoms with Crippen molar-refractivity contribution < 1.29 is 14.3 Å². The number of hydrogen-bond donors (Lipinski definition) is 3. The number of carbonyl (C=O) groups is 2. The van der Waals surface area contributed by atoms with Crippen LogP contribution in [-0.2, 0) is 11.3 Å². The highest BCUT2D eigenvalue weighted by atomic mass is 16.5. The minimum atomic E-state index is -0.248. The first-order chi connectivity index (χ1) is 12.2. The Bertz CT molecular complexity index is 759. The van der Waals surface area contributed by atoms with E-state index in [1.54, 1.807) is 7.11 Å². The van der Waals surface area contributed by atoms with Crippen molar-refractivity contribution in [1.82, 2.24) is 10.6 Å². The molecule has 1 aliphatic rings. The van der Waals surface area contributed by atoms with Crippen molar-refractivity contribution >= 4 is 17.6 Å². The average molecular weight is 339 g/mol. The average Bonchev–Trinajstić information content (AvgIpc) is 2.96. The van der Waals surface area contributed by atoms with Gasteiger partial charge in [0.25, 0.3) is 0 Å². The fourth-order valence-corrected chi connectivity index (χ4v) is 2.88. The molecule has 0 saturated carbocycles. The SMILES string of the molecule is COc1ccc(CNC(=O)NCC[C@H]2C(=O)Nc3ccccc32)cc1. The maximum atomic E-state index is 12.0. The lowest BCUT2D eigenvalue weighted by Gasteiger charge is -2.11. The number of carbonyl (C=O) groups excluding carboxylic acids is 2. The molecular formula is C19H21N3O3. The number of nitrogens with one attached hydrogen (secondary N) is 3. The zero-order chi connectivity index (χ0) is 17.6. The van der Waals surface area contributed by atoms with Crippen LogP contribution in [0.15, 0.2) is 48.5 Å². The van der Waals surface area contributed by atoms with Crippen LogP contribution in [0.4, 0.5) is 10.5 Å². The number of rotatable bonds is 6. The van der Waals surface area contributed by atoms with Crippen LogP contribution in [0.3, 0.4) is 0 Å². The van der Waals surface area contributed by atoms with Crippen molar-refractivity contribution in [3.63, 3.8) is 0 Å². The van der Waals surface area contributed by atoms with Gasteiger partial charge in [0, 0.05) is 18.8 Å². The van der Waals surface area contributed by atoms with Crippen LogP contribution in [0.1, 0.15) is 23.5 Å². The molecule has 3 amide bonds. The van der Waals surface area contributed by atoms with Gasteiger partial charge >= 0.3 is 6.03 Å². The summed E-state index contributed by atoms with van der Waals surface area (Å²) in [6.45, 7) is 0.865. The molecule has 2 aromatic rings. The Morgan fingerprint density at radius 3 is 2.64 bits per heavy atom. The zero-order valence-corrected chi connectivity index (χ0v) is 14.0. The number of urea groups is 1. The van der Waals surface area contributed by atoms with Gasteiger partial charge in [-0.2, -0.15) is 0 Å². The number of anilines is 1. The molecule has 2 aromatic carbocycles. The summed E-state index contributed by atoms with van der Waals surface area (Å²) in [5.41, 5.74) is 2.84. The van der Waals surface area contributed by atoms with Gasteiger partial charge in [0.05, 0.1) is 13.0 Å². The van der Waals surface area contributed by atoms with E-state index in [2.05, 4.69) is 16.0 Å². The Balaban J connectivity index is 1.43. The number of methoxy groups -OCH3 is 1. The molecule has 130 valence electrons. The Labute approximate surface area is 146 Å². The van der Waals surface area contributed by atoms with Crippen molar-refractivity contribution in [2.75, 3.05) is 19.0 Å². The lowest BCUT2D eigenvalue weighted by molar-refractivity contribution is -0.117. The molecule has 1 atom stereocenters. The maximum Gasteiger partial charge on any atom is 0.315 e. The second-order valence-corrected chi connectivity index (χ2v) is 5.88. The van der Waals surface area contributed by atoms with Crippen molar-refractivity contribution in [2.45, 2.75) is 18.9 Å². The highest BCUT2D eigenvalue weighted by Gasteiger charge is 2.29. The second kappa shape index (κ2) is 7.70. The number of para-hydroxylation sites is 1. The van der Waals surface area contributed by atoms with Gasteiger partial charge in [-0.25, -0.2) is 4.79 Å². The van der Waals surface area contributed by atoms with Gasteiger partial charge in [0.15, 0.2) is 0 Å². The summed E-state index contributed by atoms with van der Waals surface area (Å²) in [4.78, 5) is 23.9. The third kappa shape index (κ3) is 4.09. The van der Waals surface area contributed by atoms with Crippen molar-refractivity contribution in [2.24, 2.45) is 0 Å². The molecule has 3 N–H and O–H groups in total. The van der Waals surface area contributed by atoms with Crippen LogP contribution >= 0.6 is 0 Å². The molecule has 0 aromatic heterocycles. The topological polar surface area (TPSA) is 79.5 Å². The molecule has 0 unspecified atom stereocenters. The molecule has 0 aliphatic carbocycles. The lowest BCUT2D eigenvalue weighted by Crippen LogP contribution is -2.36. The fourth-order valence-electron chi connectivity index (χ4n) is 2.88.